The second-order valence-corrected chi connectivity index (χ2v) is 6.08. The van der Waals surface area contributed by atoms with Crippen molar-refractivity contribution in [3.8, 4) is 0 Å². The van der Waals surface area contributed by atoms with Crippen molar-refractivity contribution in [2.24, 2.45) is 11.3 Å². The SMILES string of the molecule is CCC(C)(C)COCCOCCNC(=O)/C=C/C(C)C. The molecule has 0 fully saturated rings. The maximum Gasteiger partial charge on any atom is 0.243 e. The van der Waals surface area contributed by atoms with Crippen molar-refractivity contribution < 1.29 is 14.3 Å². The molecule has 0 aromatic carbocycles. The summed E-state index contributed by atoms with van der Waals surface area (Å²) >= 11 is 0. The second-order valence-electron chi connectivity index (χ2n) is 6.08. The van der Waals surface area contributed by atoms with E-state index in [9.17, 15) is 4.79 Å². The predicted octanol–water partition coefficient (Wildman–Crippen LogP) is 2.78. The molecule has 0 radical (unpaired) electrons. The molecule has 0 saturated carbocycles. The highest BCUT2D eigenvalue weighted by Crippen LogP contribution is 2.19. The molecule has 20 heavy (non-hydrogen) atoms. The van der Waals surface area contributed by atoms with Crippen molar-refractivity contribution in [1.29, 1.82) is 0 Å². The van der Waals surface area contributed by atoms with Gasteiger partial charge in [0.25, 0.3) is 0 Å². The van der Waals surface area contributed by atoms with Gasteiger partial charge in [-0.15, -0.1) is 0 Å². The van der Waals surface area contributed by atoms with Gasteiger partial charge in [0.15, 0.2) is 0 Å². The Bertz CT molecular complexity index is 285. The molecule has 0 rings (SSSR count). The molecule has 0 bridgehead atoms. The molecule has 1 amide bonds. The third-order valence-electron chi connectivity index (χ3n) is 3.00. The topological polar surface area (TPSA) is 47.6 Å². The van der Waals surface area contributed by atoms with Gasteiger partial charge in [-0.25, -0.2) is 0 Å². The van der Waals surface area contributed by atoms with E-state index in [4.69, 9.17) is 9.47 Å². The summed E-state index contributed by atoms with van der Waals surface area (Å²) in [5.41, 5.74) is 0.233. The van der Waals surface area contributed by atoms with Crippen molar-refractivity contribution in [3.05, 3.63) is 12.2 Å². The summed E-state index contributed by atoms with van der Waals surface area (Å²) < 4.78 is 11.0. The summed E-state index contributed by atoms with van der Waals surface area (Å²) in [6, 6.07) is 0. The molecule has 0 heterocycles. The molecule has 0 aliphatic rings. The van der Waals surface area contributed by atoms with E-state index in [1.165, 1.54) is 0 Å². The molecule has 0 saturated heterocycles. The molecular weight excluding hydrogens is 254 g/mol. The standard InChI is InChI=1S/C16H31NO3/c1-6-16(4,5)13-20-12-11-19-10-9-17-15(18)8-7-14(2)3/h7-8,14H,6,9-13H2,1-5H3,(H,17,18)/b8-7+. The first kappa shape index (κ1) is 19.1. The monoisotopic (exact) mass is 285 g/mol. The maximum atomic E-state index is 11.3. The van der Waals surface area contributed by atoms with Gasteiger partial charge in [0.05, 0.1) is 26.4 Å². The van der Waals surface area contributed by atoms with Gasteiger partial charge in [0.2, 0.25) is 5.91 Å². The highest BCUT2D eigenvalue weighted by molar-refractivity contribution is 5.87. The smallest absolute Gasteiger partial charge is 0.243 e. The fourth-order valence-corrected chi connectivity index (χ4v) is 1.26. The third kappa shape index (κ3) is 12.2. The van der Waals surface area contributed by atoms with E-state index in [0.29, 0.717) is 32.3 Å². The van der Waals surface area contributed by atoms with Gasteiger partial charge in [-0.05, 0) is 23.8 Å². The van der Waals surface area contributed by atoms with Crippen LogP contribution in [0.3, 0.4) is 0 Å². The van der Waals surface area contributed by atoms with E-state index in [1.807, 2.05) is 19.9 Å². The minimum absolute atomic E-state index is 0.0664. The van der Waals surface area contributed by atoms with Crippen LogP contribution in [0.25, 0.3) is 0 Å². The molecule has 0 aromatic heterocycles. The third-order valence-corrected chi connectivity index (χ3v) is 3.00. The summed E-state index contributed by atoms with van der Waals surface area (Å²) in [6.07, 6.45) is 4.55. The summed E-state index contributed by atoms with van der Waals surface area (Å²) in [5, 5.41) is 2.77. The van der Waals surface area contributed by atoms with Gasteiger partial charge in [-0.1, -0.05) is 40.7 Å². The van der Waals surface area contributed by atoms with E-state index >= 15 is 0 Å². The van der Waals surface area contributed by atoms with Crippen molar-refractivity contribution in [3.63, 3.8) is 0 Å². The van der Waals surface area contributed by atoms with E-state index in [0.717, 1.165) is 13.0 Å². The molecule has 4 heteroatoms. The lowest BCUT2D eigenvalue weighted by molar-refractivity contribution is -0.116. The number of hydrogen-bond acceptors (Lipinski definition) is 3. The van der Waals surface area contributed by atoms with Crippen molar-refractivity contribution >= 4 is 5.91 Å². The van der Waals surface area contributed by atoms with Crippen molar-refractivity contribution in [2.75, 3.05) is 33.0 Å². The quantitative estimate of drug-likeness (QED) is 0.469. The Morgan fingerprint density at radius 2 is 1.85 bits per heavy atom. The summed E-state index contributed by atoms with van der Waals surface area (Å²) in [7, 11) is 0. The molecular formula is C16H31NO3. The van der Waals surface area contributed by atoms with Crippen LogP contribution in [0.15, 0.2) is 12.2 Å². The van der Waals surface area contributed by atoms with Crippen LogP contribution in [0.1, 0.15) is 41.0 Å². The van der Waals surface area contributed by atoms with E-state index in [2.05, 4.69) is 26.1 Å². The number of allylic oxidation sites excluding steroid dienone is 1. The highest BCUT2D eigenvalue weighted by Gasteiger charge is 2.14. The lowest BCUT2D eigenvalue weighted by Gasteiger charge is -2.22. The van der Waals surface area contributed by atoms with Crippen molar-refractivity contribution in [2.45, 2.75) is 41.0 Å². The molecule has 118 valence electrons. The van der Waals surface area contributed by atoms with Gasteiger partial charge < -0.3 is 14.8 Å². The van der Waals surface area contributed by atoms with Crippen LogP contribution in [0.5, 0.6) is 0 Å². The van der Waals surface area contributed by atoms with Crippen molar-refractivity contribution in [1.82, 2.24) is 5.32 Å². The number of nitrogens with one attached hydrogen (secondary N) is 1. The minimum Gasteiger partial charge on any atom is -0.379 e. The fourth-order valence-electron chi connectivity index (χ4n) is 1.26. The van der Waals surface area contributed by atoms with Crippen LogP contribution in [-0.2, 0) is 14.3 Å². The van der Waals surface area contributed by atoms with Crippen LogP contribution in [-0.4, -0.2) is 38.9 Å². The predicted molar refractivity (Wildman–Crippen MR) is 82.7 cm³/mol. The Labute approximate surface area is 123 Å². The zero-order chi connectivity index (χ0) is 15.4. The van der Waals surface area contributed by atoms with Crippen LogP contribution in [0, 0.1) is 11.3 Å². The zero-order valence-corrected chi connectivity index (χ0v) is 13.7. The summed E-state index contributed by atoms with van der Waals surface area (Å²) in [6.45, 7) is 13.6. The summed E-state index contributed by atoms with van der Waals surface area (Å²) in [4.78, 5) is 11.3. The Morgan fingerprint density at radius 1 is 1.20 bits per heavy atom. The number of rotatable bonds is 11. The number of carbonyl (C=O) groups excluding carboxylic acids is 1. The Hall–Kier alpha value is -0.870. The molecule has 0 aliphatic carbocycles. The zero-order valence-electron chi connectivity index (χ0n) is 13.7. The first-order valence-corrected chi connectivity index (χ1v) is 7.49. The fraction of sp³-hybridized carbons (Fsp3) is 0.812. The Kier molecular flexibility index (Phi) is 10.4. The van der Waals surface area contributed by atoms with Gasteiger partial charge in [-0.3, -0.25) is 4.79 Å². The molecule has 0 spiro atoms. The van der Waals surface area contributed by atoms with Gasteiger partial charge in [0, 0.05) is 6.54 Å². The average molecular weight is 285 g/mol. The maximum absolute atomic E-state index is 11.3. The minimum atomic E-state index is -0.0664. The van der Waals surface area contributed by atoms with Gasteiger partial charge in [-0.2, -0.15) is 0 Å². The average Bonchev–Trinajstić information content (AvgIpc) is 2.39. The molecule has 4 nitrogen and oxygen atoms in total. The van der Waals surface area contributed by atoms with E-state index in [-0.39, 0.29) is 11.3 Å². The van der Waals surface area contributed by atoms with Crippen LogP contribution in [0.2, 0.25) is 0 Å². The Morgan fingerprint density at radius 3 is 2.45 bits per heavy atom. The van der Waals surface area contributed by atoms with Gasteiger partial charge in [0.1, 0.15) is 0 Å². The first-order valence-electron chi connectivity index (χ1n) is 7.49. The number of ether oxygens (including phenoxy) is 2. The largest absolute Gasteiger partial charge is 0.379 e. The molecule has 0 aliphatic heterocycles. The first-order chi connectivity index (χ1) is 9.37. The molecule has 1 N–H and O–H groups in total. The highest BCUT2D eigenvalue weighted by atomic mass is 16.5. The lowest BCUT2D eigenvalue weighted by atomic mass is 9.92. The van der Waals surface area contributed by atoms with Crippen LogP contribution in [0.4, 0.5) is 0 Å². The van der Waals surface area contributed by atoms with Crippen LogP contribution < -0.4 is 5.32 Å². The molecule has 0 aromatic rings. The normalized spacial score (nSPS) is 12.3. The van der Waals surface area contributed by atoms with E-state index < -0.39 is 0 Å². The number of carbonyl (C=O) groups is 1. The van der Waals surface area contributed by atoms with E-state index in [1.54, 1.807) is 6.08 Å². The number of hydrogen-bond donors (Lipinski definition) is 1. The molecule has 0 atom stereocenters. The lowest BCUT2D eigenvalue weighted by Crippen LogP contribution is -2.26. The summed E-state index contributed by atoms with van der Waals surface area (Å²) in [5.74, 6) is 0.324. The second kappa shape index (κ2) is 10.9. The van der Waals surface area contributed by atoms with Crippen LogP contribution >= 0.6 is 0 Å². The number of amides is 1. The Balaban J connectivity index is 3.39. The van der Waals surface area contributed by atoms with Gasteiger partial charge >= 0.3 is 0 Å². The molecule has 0 unspecified atom stereocenters.